The summed E-state index contributed by atoms with van der Waals surface area (Å²) in [7, 11) is -3.62. The van der Waals surface area contributed by atoms with Gasteiger partial charge in [-0.15, -0.1) is 0 Å². The second-order valence-corrected chi connectivity index (χ2v) is 13.0. The fourth-order valence-corrected chi connectivity index (χ4v) is 7.51. The molecule has 3 heterocycles. The number of nitrogens with zero attached hydrogens (tertiary/aromatic N) is 3. The monoisotopic (exact) mass is 547 g/mol. The molecule has 36 heavy (non-hydrogen) atoms. The van der Waals surface area contributed by atoms with Crippen LogP contribution in [0.25, 0.3) is 10.2 Å². The van der Waals surface area contributed by atoms with Crippen molar-refractivity contribution in [3.05, 3.63) is 52.5 Å². The van der Waals surface area contributed by atoms with Gasteiger partial charge in [-0.1, -0.05) is 22.9 Å². The summed E-state index contributed by atoms with van der Waals surface area (Å²) in [5.74, 6) is -0.264. The van der Waals surface area contributed by atoms with Crippen LogP contribution in [0.5, 0.6) is 0 Å². The fourth-order valence-electron chi connectivity index (χ4n) is 4.86. The summed E-state index contributed by atoms with van der Waals surface area (Å²) < 4.78 is 34.5. The molecule has 0 spiro atoms. The predicted octanol–water partition coefficient (Wildman–Crippen LogP) is 5.18. The van der Waals surface area contributed by atoms with Gasteiger partial charge in [0.05, 0.1) is 27.8 Å². The first-order valence-electron chi connectivity index (χ1n) is 12.3. The third-order valence-corrected chi connectivity index (χ3v) is 10.4. The van der Waals surface area contributed by atoms with Crippen LogP contribution in [-0.2, 0) is 19.6 Å². The Morgan fingerprint density at radius 2 is 1.83 bits per heavy atom. The molecule has 1 unspecified atom stereocenters. The van der Waals surface area contributed by atoms with Gasteiger partial charge in [-0.2, -0.15) is 4.31 Å². The lowest BCUT2D eigenvalue weighted by Crippen LogP contribution is -2.46. The molecule has 7 nitrogen and oxygen atoms in total. The van der Waals surface area contributed by atoms with E-state index in [-0.39, 0.29) is 22.8 Å². The normalized spacial score (nSPS) is 19.7. The van der Waals surface area contributed by atoms with Crippen molar-refractivity contribution < 1.29 is 17.9 Å². The van der Waals surface area contributed by atoms with Crippen LogP contribution < -0.4 is 4.90 Å². The number of hydrogen-bond acceptors (Lipinski definition) is 6. The summed E-state index contributed by atoms with van der Waals surface area (Å²) in [6.07, 6.45) is 2.85. The number of fused-ring (bicyclic) bond motifs is 1. The Kier molecular flexibility index (Phi) is 7.38. The number of halogens is 1. The minimum atomic E-state index is -3.62. The third-order valence-electron chi connectivity index (χ3n) is 7.15. The molecule has 0 saturated carbocycles. The van der Waals surface area contributed by atoms with Crippen LogP contribution in [0.2, 0.25) is 5.02 Å². The number of ether oxygens (including phenoxy) is 1. The van der Waals surface area contributed by atoms with E-state index in [0.29, 0.717) is 49.2 Å². The molecule has 3 aromatic rings. The van der Waals surface area contributed by atoms with E-state index in [1.165, 1.54) is 38.9 Å². The number of benzene rings is 2. The van der Waals surface area contributed by atoms with E-state index in [4.69, 9.17) is 21.3 Å². The molecule has 2 aliphatic heterocycles. The van der Waals surface area contributed by atoms with E-state index < -0.39 is 10.0 Å². The lowest BCUT2D eigenvalue weighted by atomic mass is 9.96. The van der Waals surface area contributed by atoms with Crippen LogP contribution in [0.1, 0.15) is 36.8 Å². The quantitative estimate of drug-likeness (QED) is 0.425. The molecule has 1 aromatic heterocycles. The minimum absolute atomic E-state index is 0.00143. The fraction of sp³-hybridized carbons (Fsp3) is 0.462. The van der Waals surface area contributed by atoms with Gasteiger partial charge in [-0.25, -0.2) is 13.4 Å². The highest BCUT2D eigenvalue weighted by Gasteiger charge is 2.36. The Labute approximate surface area is 221 Å². The van der Waals surface area contributed by atoms with Gasteiger partial charge in [0.2, 0.25) is 15.9 Å². The lowest BCUT2D eigenvalue weighted by Gasteiger charge is -2.33. The van der Waals surface area contributed by atoms with Gasteiger partial charge in [0.25, 0.3) is 0 Å². The standard InChI is InChI=1S/C26H30ClN3O4S2/c1-17-14-23-24(15-18(17)2)35-26(28-23)30(16-21-4-3-13-34-21)25(31)19-9-11-29(12-10-19)36(32,33)22-7-5-20(27)6-8-22/h5-8,14-15,19,21H,3-4,9-13,16H2,1-2H3. The number of carbonyl (C=O) groups excluding carboxylic acids is 1. The summed E-state index contributed by atoms with van der Waals surface area (Å²) in [6.45, 7) is 5.93. The van der Waals surface area contributed by atoms with E-state index in [1.54, 1.807) is 17.0 Å². The number of aromatic nitrogens is 1. The number of piperidine rings is 1. The first-order chi connectivity index (χ1) is 17.2. The molecular formula is C26H30ClN3O4S2. The first kappa shape index (κ1) is 25.6. The molecule has 2 fully saturated rings. The number of hydrogen-bond donors (Lipinski definition) is 0. The third kappa shape index (κ3) is 5.17. The number of anilines is 1. The highest BCUT2D eigenvalue weighted by atomic mass is 35.5. The smallest absolute Gasteiger partial charge is 0.243 e. The summed E-state index contributed by atoms with van der Waals surface area (Å²) in [5, 5.41) is 1.18. The zero-order valence-electron chi connectivity index (χ0n) is 20.4. The maximum atomic E-state index is 13.8. The molecular weight excluding hydrogens is 518 g/mol. The van der Waals surface area contributed by atoms with Crippen molar-refractivity contribution in [3.8, 4) is 0 Å². The van der Waals surface area contributed by atoms with Gasteiger partial charge >= 0.3 is 0 Å². The number of aryl methyl sites for hydroxylation is 2. The Balaban J connectivity index is 1.35. The molecule has 1 atom stereocenters. The summed E-state index contributed by atoms with van der Waals surface area (Å²) >= 11 is 7.45. The Morgan fingerprint density at radius 3 is 2.50 bits per heavy atom. The molecule has 10 heteroatoms. The summed E-state index contributed by atoms with van der Waals surface area (Å²) in [4.78, 5) is 20.7. The van der Waals surface area contributed by atoms with Crippen molar-refractivity contribution in [1.82, 2.24) is 9.29 Å². The number of amides is 1. The molecule has 0 aliphatic carbocycles. The van der Waals surface area contributed by atoms with Gasteiger partial charge < -0.3 is 4.74 Å². The Hall–Kier alpha value is -2.04. The Morgan fingerprint density at radius 1 is 1.14 bits per heavy atom. The maximum Gasteiger partial charge on any atom is 0.243 e. The largest absolute Gasteiger partial charge is 0.376 e. The molecule has 2 aliphatic rings. The van der Waals surface area contributed by atoms with Crippen molar-refractivity contribution in [2.45, 2.75) is 50.5 Å². The van der Waals surface area contributed by atoms with Crippen LogP contribution in [0.3, 0.4) is 0 Å². The molecule has 2 aromatic carbocycles. The van der Waals surface area contributed by atoms with Gasteiger partial charge in [-0.3, -0.25) is 9.69 Å². The average molecular weight is 548 g/mol. The number of rotatable bonds is 6. The molecule has 2 saturated heterocycles. The average Bonchev–Trinajstić information content (AvgIpc) is 3.52. The second kappa shape index (κ2) is 10.4. The summed E-state index contributed by atoms with van der Waals surface area (Å²) in [6, 6.07) is 10.4. The van der Waals surface area contributed by atoms with Crippen LogP contribution in [0, 0.1) is 19.8 Å². The SMILES string of the molecule is Cc1cc2nc(N(CC3CCCO3)C(=O)C3CCN(S(=O)(=O)c4ccc(Cl)cc4)CC3)sc2cc1C. The van der Waals surface area contributed by atoms with Crippen LogP contribution in [0.4, 0.5) is 5.13 Å². The van der Waals surface area contributed by atoms with Crippen molar-refractivity contribution >= 4 is 54.2 Å². The molecule has 192 valence electrons. The van der Waals surface area contributed by atoms with Crippen molar-refractivity contribution in [2.24, 2.45) is 5.92 Å². The number of sulfonamides is 1. The van der Waals surface area contributed by atoms with Gasteiger partial charge in [0, 0.05) is 30.6 Å². The second-order valence-electron chi connectivity index (χ2n) is 9.62. The molecule has 5 rings (SSSR count). The predicted molar refractivity (Wildman–Crippen MR) is 143 cm³/mol. The van der Waals surface area contributed by atoms with Crippen molar-refractivity contribution in [1.29, 1.82) is 0 Å². The van der Waals surface area contributed by atoms with Crippen molar-refractivity contribution in [2.75, 3.05) is 31.1 Å². The molecule has 0 N–H and O–H groups in total. The van der Waals surface area contributed by atoms with Crippen molar-refractivity contribution in [3.63, 3.8) is 0 Å². The van der Waals surface area contributed by atoms with Crippen LogP contribution in [0.15, 0.2) is 41.3 Å². The number of carbonyl (C=O) groups is 1. The lowest BCUT2D eigenvalue weighted by molar-refractivity contribution is -0.123. The topological polar surface area (TPSA) is 79.8 Å². The van der Waals surface area contributed by atoms with Crippen LogP contribution >= 0.6 is 22.9 Å². The highest BCUT2D eigenvalue weighted by molar-refractivity contribution is 7.89. The van der Waals surface area contributed by atoms with Gasteiger partial charge in [-0.05, 0) is 87.1 Å². The van der Waals surface area contributed by atoms with E-state index in [9.17, 15) is 13.2 Å². The van der Waals surface area contributed by atoms with E-state index in [0.717, 1.165) is 23.1 Å². The molecule has 0 radical (unpaired) electrons. The zero-order valence-corrected chi connectivity index (χ0v) is 22.8. The molecule has 0 bridgehead atoms. The first-order valence-corrected chi connectivity index (χ1v) is 14.9. The maximum absolute atomic E-state index is 13.8. The van der Waals surface area contributed by atoms with E-state index >= 15 is 0 Å². The van der Waals surface area contributed by atoms with E-state index in [1.807, 2.05) is 0 Å². The van der Waals surface area contributed by atoms with Gasteiger partial charge in [0.1, 0.15) is 0 Å². The minimum Gasteiger partial charge on any atom is -0.376 e. The zero-order chi connectivity index (χ0) is 25.4. The van der Waals surface area contributed by atoms with Gasteiger partial charge in [0.15, 0.2) is 5.13 Å². The van der Waals surface area contributed by atoms with E-state index in [2.05, 4.69) is 26.0 Å². The van der Waals surface area contributed by atoms with Crippen LogP contribution in [-0.4, -0.2) is 56.0 Å². The number of thiazole rings is 1. The Bertz CT molecular complexity index is 1320. The summed E-state index contributed by atoms with van der Waals surface area (Å²) in [5.41, 5.74) is 3.27. The highest BCUT2D eigenvalue weighted by Crippen LogP contribution is 2.34. The molecule has 1 amide bonds.